The van der Waals surface area contributed by atoms with Crippen LogP contribution in [0.4, 0.5) is 5.13 Å². The SMILES string of the molecule is CCCCCCN(/N=C/c1[c-]cc(C(C)(C)C)[c-]c1)c1nc2ccccc2s1.[K+].[K+]. The van der Waals surface area contributed by atoms with Crippen molar-refractivity contribution in [2.75, 3.05) is 11.6 Å². The first-order valence-corrected chi connectivity index (χ1v) is 10.9. The second-order valence-corrected chi connectivity index (χ2v) is 9.10. The summed E-state index contributed by atoms with van der Waals surface area (Å²) in [4.78, 5) is 4.78. The van der Waals surface area contributed by atoms with E-state index < -0.39 is 0 Å². The molecule has 3 aromatic rings. The average molecular weight is 470 g/mol. The van der Waals surface area contributed by atoms with Crippen molar-refractivity contribution >= 4 is 32.9 Å². The van der Waals surface area contributed by atoms with Crippen molar-refractivity contribution in [3.05, 3.63) is 59.7 Å². The van der Waals surface area contributed by atoms with E-state index in [1.54, 1.807) is 11.3 Å². The van der Waals surface area contributed by atoms with Crippen molar-refractivity contribution < 1.29 is 103 Å². The summed E-state index contributed by atoms with van der Waals surface area (Å²) in [5.41, 5.74) is 3.21. The van der Waals surface area contributed by atoms with Gasteiger partial charge in [0.25, 0.3) is 0 Å². The minimum Gasteiger partial charge on any atom is -0.282 e. The molecule has 3 nitrogen and oxygen atoms in total. The van der Waals surface area contributed by atoms with Crippen LogP contribution in [-0.4, -0.2) is 17.7 Å². The Labute approximate surface area is 271 Å². The topological polar surface area (TPSA) is 28.5 Å². The number of hydrogen-bond donors (Lipinski definition) is 0. The van der Waals surface area contributed by atoms with Crippen LogP contribution in [0.3, 0.4) is 0 Å². The molecule has 0 radical (unpaired) electrons. The monoisotopic (exact) mass is 469 g/mol. The zero-order valence-electron chi connectivity index (χ0n) is 19.3. The van der Waals surface area contributed by atoms with Gasteiger partial charge in [0.05, 0.1) is 10.2 Å². The zero-order valence-corrected chi connectivity index (χ0v) is 26.4. The molecule has 0 atom stereocenters. The number of hydrazone groups is 1. The van der Waals surface area contributed by atoms with Crippen molar-refractivity contribution in [2.24, 2.45) is 5.10 Å². The van der Waals surface area contributed by atoms with Gasteiger partial charge in [-0.15, -0.1) is 0 Å². The zero-order chi connectivity index (χ0) is 20.0. The molecule has 3 rings (SSSR count). The van der Waals surface area contributed by atoms with Crippen LogP contribution in [-0.2, 0) is 5.41 Å². The van der Waals surface area contributed by atoms with Gasteiger partial charge >= 0.3 is 103 Å². The van der Waals surface area contributed by atoms with Gasteiger partial charge < -0.3 is 0 Å². The van der Waals surface area contributed by atoms with Crippen molar-refractivity contribution in [3.8, 4) is 0 Å². The molecule has 0 aliphatic heterocycles. The minimum absolute atomic E-state index is 0. The maximum atomic E-state index is 4.78. The predicted octanol–water partition coefficient (Wildman–Crippen LogP) is 0.623. The Morgan fingerprint density at radius 1 is 1.07 bits per heavy atom. The first-order chi connectivity index (χ1) is 13.5. The van der Waals surface area contributed by atoms with Crippen LogP contribution in [0.15, 0.2) is 41.5 Å². The van der Waals surface area contributed by atoms with Gasteiger partial charge in [-0.2, -0.15) is 0 Å². The Hall–Kier alpha value is 1.07. The molecule has 1 aromatic heterocycles. The van der Waals surface area contributed by atoms with E-state index >= 15 is 0 Å². The second kappa shape index (κ2) is 14.4. The quantitative estimate of drug-likeness (QED) is 0.159. The van der Waals surface area contributed by atoms with Gasteiger partial charge in [0.15, 0.2) is 0 Å². The number of aromatic nitrogens is 1. The average Bonchev–Trinajstić information content (AvgIpc) is 3.11. The number of benzene rings is 2. The van der Waals surface area contributed by atoms with Gasteiger partial charge in [-0.1, -0.05) is 82.1 Å². The van der Waals surface area contributed by atoms with E-state index in [-0.39, 0.29) is 108 Å². The maximum absolute atomic E-state index is 4.78. The molecule has 0 aliphatic carbocycles. The molecule has 6 heteroatoms. The fraction of sp³-hybridized carbons (Fsp3) is 0.417. The number of rotatable bonds is 8. The largest absolute Gasteiger partial charge is 1.00 e. The number of unbranched alkanes of at least 4 members (excludes halogenated alkanes) is 3. The van der Waals surface area contributed by atoms with Gasteiger partial charge in [-0.25, -0.2) is 26.2 Å². The molecule has 0 aliphatic rings. The molecule has 0 fully saturated rings. The molecule has 30 heavy (non-hydrogen) atoms. The summed E-state index contributed by atoms with van der Waals surface area (Å²) in [6.45, 7) is 9.67. The Morgan fingerprint density at radius 2 is 1.83 bits per heavy atom. The van der Waals surface area contributed by atoms with Crippen LogP contribution in [0.25, 0.3) is 10.2 Å². The van der Waals surface area contributed by atoms with E-state index in [9.17, 15) is 0 Å². The van der Waals surface area contributed by atoms with Crippen molar-refractivity contribution in [1.29, 1.82) is 0 Å². The Bertz CT molecular complexity index is 881. The predicted molar refractivity (Wildman–Crippen MR) is 122 cm³/mol. The van der Waals surface area contributed by atoms with E-state index in [0.29, 0.717) is 0 Å². The molecule has 0 amide bonds. The third kappa shape index (κ3) is 8.78. The maximum Gasteiger partial charge on any atom is 1.00 e. The molecule has 2 aromatic carbocycles. The van der Waals surface area contributed by atoms with Crippen LogP contribution in [0.2, 0.25) is 0 Å². The van der Waals surface area contributed by atoms with E-state index in [0.717, 1.165) is 34.7 Å². The van der Waals surface area contributed by atoms with Crippen LogP contribution in [0.1, 0.15) is 64.5 Å². The molecule has 0 saturated heterocycles. The van der Waals surface area contributed by atoms with E-state index in [4.69, 9.17) is 10.1 Å². The Balaban J connectivity index is 0.00000225. The molecule has 0 bridgehead atoms. The summed E-state index contributed by atoms with van der Waals surface area (Å²) in [5, 5.41) is 7.74. The number of anilines is 1. The minimum atomic E-state index is 0. The summed E-state index contributed by atoms with van der Waals surface area (Å²) in [5.74, 6) is 0. The summed E-state index contributed by atoms with van der Waals surface area (Å²) >= 11 is 1.69. The van der Waals surface area contributed by atoms with Gasteiger partial charge in [-0.3, -0.25) is 24.3 Å². The number of fused-ring (bicyclic) bond motifs is 1. The third-order valence-corrected chi connectivity index (χ3v) is 5.69. The molecule has 0 saturated carbocycles. The van der Waals surface area contributed by atoms with Gasteiger partial charge in [0.1, 0.15) is 0 Å². The molecule has 0 unspecified atom stereocenters. The molecule has 1 heterocycles. The van der Waals surface area contributed by atoms with Crippen molar-refractivity contribution in [3.63, 3.8) is 0 Å². The van der Waals surface area contributed by atoms with Crippen LogP contribution in [0.5, 0.6) is 0 Å². The van der Waals surface area contributed by atoms with Crippen molar-refractivity contribution in [1.82, 2.24) is 4.98 Å². The standard InChI is InChI=1S/C24H29N3S.2K/c1-5-6-7-10-17-27(23-26-21-11-8-9-12-22(21)28-23)25-18-19-13-15-20(16-14-19)24(2,3)4;;/h8-9,11-13,16,18H,5-7,10,17H2,1-4H3;;/q-2;2*+1/b25-18+;;. The molecular formula is C24H29K2N3S. The Morgan fingerprint density at radius 3 is 2.47 bits per heavy atom. The first kappa shape index (κ1) is 29.1. The third-order valence-electron chi connectivity index (χ3n) is 4.64. The first-order valence-electron chi connectivity index (χ1n) is 10.1. The smallest absolute Gasteiger partial charge is 0.282 e. The van der Waals surface area contributed by atoms with Crippen LogP contribution >= 0.6 is 11.3 Å². The Kier molecular flexibility index (Phi) is 13.9. The van der Waals surface area contributed by atoms with Crippen molar-refractivity contribution in [2.45, 2.75) is 58.8 Å². The normalized spacial score (nSPS) is 11.3. The fourth-order valence-electron chi connectivity index (χ4n) is 2.90. The van der Waals surface area contributed by atoms with Crippen LogP contribution < -0.4 is 108 Å². The summed E-state index contributed by atoms with van der Waals surface area (Å²) in [7, 11) is 0. The number of thiazole rings is 1. The molecule has 148 valence electrons. The van der Waals surface area contributed by atoms with Gasteiger partial charge in [0.2, 0.25) is 5.13 Å². The fourth-order valence-corrected chi connectivity index (χ4v) is 3.84. The van der Waals surface area contributed by atoms with E-state index in [1.165, 1.54) is 24.0 Å². The summed E-state index contributed by atoms with van der Waals surface area (Å²) in [6, 6.07) is 18.9. The molecule has 0 spiro atoms. The second-order valence-electron chi connectivity index (χ2n) is 8.09. The van der Waals surface area contributed by atoms with Gasteiger partial charge in [-0.05, 0) is 18.6 Å². The summed E-state index contributed by atoms with van der Waals surface area (Å²) in [6.07, 6.45) is 6.69. The number of nitrogens with zero attached hydrogens (tertiary/aromatic N) is 3. The number of hydrogen-bond acceptors (Lipinski definition) is 4. The number of para-hydroxylation sites is 1. The molecular weight excluding hydrogens is 441 g/mol. The van der Waals surface area contributed by atoms with Crippen LogP contribution in [0, 0.1) is 12.1 Å². The summed E-state index contributed by atoms with van der Waals surface area (Å²) < 4.78 is 1.20. The van der Waals surface area contributed by atoms with E-state index in [1.807, 2.05) is 29.4 Å². The van der Waals surface area contributed by atoms with E-state index in [2.05, 4.69) is 58.0 Å². The molecule has 0 N–H and O–H groups in total. The van der Waals surface area contributed by atoms with Gasteiger partial charge in [0, 0.05) is 6.54 Å².